The van der Waals surface area contributed by atoms with E-state index in [9.17, 15) is 14.0 Å². The summed E-state index contributed by atoms with van der Waals surface area (Å²) in [5.74, 6) is 0.00689. The molecule has 1 unspecified atom stereocenters. The molecule has 1 saturated carbocycles. The van der Waals surface area contributed by atoms with Crippen molar-refractivity contribution in [2.45, 2.75) is 44.3 Å². The van der Waals surface area contributed by atoms with Crippen LogP contribution in [0.4, 0.5) is 9.52 Å². The standard InChI is InChI=1S/C31H37FN4O5S/c1-34(24-6-4-5-7-24)30(38)28(22-10-13-26(39-2)27(18-22)40-3)36(19-21-8-11-23(32)12-9-21)29(37)25-20-42-31(33-25)35-14-16-41-17-15-35/h8-13,18,20,24,28H,4-7,14-17,19H2,1-3H3. The van der Waals surface area contributed by atoms with Crippen LogP contribution >= 0.6 is 11.3 Å². The summed E-state index contributed by atoms with van der Waals surface area (Å²) < 4.78 is 30.3. The van der Waals surface area contributed by atoms with E-state index in [2.05, 4.69) is 4.90 Å². The zero-order chi connectivity index (χ0) is 29.6. The number of anilines is 1. The van der Waals surface area contributed by atoms with Gasteiger partial charge in [-0.15, -0.1) is 11.3 Å². The third-order valence-corrected chi connectivity index (χ3v) is 8.91. The van der Waals surface area contributed by atoms with Crippen molar-refractivity contribution >= 4 is 28.3 Å². The average Bonchev–Trinajstić information content (AvgIpc) is 3.75. The van der Waals surface area contributed by atoms with E-state index < -0.39 is 6.04 Å². The summed E-state index contributed by atoms with van der Waals surface area (Å²) >= 11 is 1.39. The Morgan fingerprint density at radius 2 is 1.76 bits per heavy atom. The number of aromatic nitrogens is 1. The maximum Gasteiger partial charge on any atom is 0.274 e. The second-order valence-electron chi connectivity index (χ2n) is 10.6. The van der Waals surface area contributed by atoms with E-state index in [-0.39, 0.29) is 35.9 Å². The average molecular weight is 597 g/mol. The summed E-state index contributed by atoms with van der Waals surface area (Å²) in [4.78, 5) is 38.9. The number of morpholine rings is 1. The lowest BCUT2D eigenvalue weighted by Crippen LogP contribution is -2.46. The first-order valence-electron chi connectivity index (χ1n) is 14.2. The molecule has 1 aromatic heterocycles. The molecular weight excluding hydrogens is 559 g/mol. The normalized spacial score (nSPS) is 16.2. The molecule has 2 aliphatic rings. The highest BCUT2D eigenvalue weighted by Crippen LogP contribution is 2.36. The minimum atomic E-state index is -0.985. The highest BCUT2D eigenvalue weighted by atomic mass is 32.1. The highest BCUT2D eigenvalue weighted by Gasteiger charge is 2.38. The van der Waals surface area contributed by atoms with Crippen molar-refractivity contribution in [3.63, 3.8) is 0 Å². The van der Waals surface area contributed by atoms with Gasteiger partial charge in [-0.2, -0.15) is 0 Å². The van der Waals surface area contributed by atoms with Gasteiger partial charge in [0.05, 0.1) is 27.4 Å². The number of ether oxygens (including phenoxy) is 3. The topological polar surface area (TPSA) is 84.4 Å². The van der Waals surface area contributed by atoms with E-state index in [0.717, 1.165) is 30.8 Å². The van der Waals surface area contributed by atoms with Crippen LogP contribution in [0.25, 0.3) is 0 Å². The lowest BCUT2D eigenvalue weighted by atomic mass is 10.00. The highest BCUT2D eigenvalue weighted by molar-refractivity contribution is 7.13. The molecule has 11 heteroatoms. The molecule has 1 aliphatic heterocycles. The maximum absolute atomic E-state index is 14.4. The van der Waals surface area contributed by atoms with Crippen molar-refractivity contribution in [2.75, 3.05) is 52.5 Å². The fraction of sp³-hybridized carbons (Fsp3) is 0.452. The van der Waals surface area contributed by atoms with Gasteiger partial charge in [0.25, 0.3) is 5.91 Å². The number of benzene rings is 2. The lowest BCUT2D eigenvalue weighted by Gasteiger charge is -2.36. The zero-order valence-corrected chi connectivity index (χ0v) is 25.1. The molecule has 1 saturated heterocycles. The number of nitrogens with zero attached hydrogens (tertiary/aromatic N) is 4. The summed E-state index contributed by atoms with van der Waals surface area (Å²) in [6.45, 7) is 2.66. The summed E-state index contributed by atoms with van der Waals surface area (Å²) in [5, 5.41) is 2.47. The summed E-state index contributed by atoms with van der Waals surface area (Å²) in [6.07, 6.45) is 3.96. The van der Waals surface area contributed by atoms with E-state index in [1.54, 1.807) is 52.6 Å². The number of amides is 2. The zero-order valence-electron chi connectivity index (χ0n) is 24.3. The van der Waals surface area contributed by atoms with Gasteiger partial charge in [0.2, 0.25) is 5.91 Å². The van der Waals surface area contributed by atoms with Gasteiger partial charge in [-0.3, -0.25) is 9.59 Å². The fourth-order valence-electron chi connectivity index (χ4n) is 5.62. The molecule has 2 fully saturated rings. The van der Waals surface area contributed by atoms with Crippen LogP contribution in [-0.4, -0.2) is 80.2 Å². The van der Waals surface area contributed by atoms with Gasteiger partial charge in [-0.25, -0.2) is 9.37 Å². The molecule has 0 bridgehead atoms. The Morgan fingerprint density at radius 1 is 1.07 bits per heavy atom. The third kappa shape index (κ3) is 6.52. The quantitative estimate of drug-likeness (QED) is 0.329. The molecule has 0 spiro atoms. The van der Waals surface area contributed by atoms with E-state index >= 15 is 0 Å². The van der Waals surface area contributed by atoms with Crippen LogP contribution < -0.4 is 14.4 Å². The molecule has 0 N–H and O–H groups in total. The summed E-state index contributed by atoms with van der Waals surface area (Å²) in [6, 6.07) is 10.4. The van der Waals surface area contributed by atoms with Crippen molar-refractivity contribution in [1.82, 2.24) is 14.8 Å². The van der Waals surface area contributed by atoms with Crippen molar-refractivity contribution in [3.8, 4) is 11.5 Å². The van der Waals surface area contributed by atoms with Crippen molar-refractivity contribution < 1.29 is 28.2 Å². The van der Waals surface area contributed by atoms with Crippen LogP contribution in [0.3, 0.4) is 0 Å². The molecule has 224 valence electrons. The van der Waals surface area contributed by atoms with Crippen LogP contribution in [0, 0.1) is 5.82 Å². The Morgan fingerprint density at radius 3 is 2.43 bits per heavy atom. The monoisotopic (exact) mass is 596 g/mol. The van der Waals surface area contributed by atoms with Crippen LogP contribution in [0.15, 0.2) is 47.8 Å². The number of hydrogen-bond acceptors (Lipinski definition) is 8. The predicted octanol–water partition coefficient (Wildman–Crippen LogP) is 4.92. The van der Waals surface area contributed by atoms with Gasteiger partial charge < -0.3 is 28.9 Å². The Labute approximate surface area is 249 Å². The van der Waals surface area contributed by atoms with Gasteiger partial charge in [-0.1, -0.05) is 31.0 Å². The predicted molar refractivity (Wildman–Crippen MR) is 159 cm³/mol. The first-order valence-corrected chi connectivity index (χ1v) is 15.1. The number of likely N-dealkylation sites (N-methyl/N-ethyl adjacent to an activating group) is 1. The number of rotatable bonds is 10. The maximum atomic E-state index is 14.4. The summed E-state index contributed by atoms with van der Waals surface area (Å²) in [5.41, 5.74) is 1.53. The third-order valence-electron chi connectivity index (χ3n) is 8.01. The largest absolute Gasteiger partial charge is 0.493 e. The van der Waals surface area contributed by atoms with Crippen LogP contribution in [0.2, 0.25) is 0 Å². The summed E-state index contributed by atoms with van der Waals surface area (Å²) in [7, 11) is 4.89. The number of halogens is 1. The number of carbonyl (C=O) groups excluding carboxylic acids is 2. The van der Waals surface area contributed by atoms with Gasteiger partial charge in [0.1, 0.15) is 17.6 Å². The van der Waals surface area contributed by atoms with E-state index in [1.165, 1.54) is 30.6 Å². The van der Waals surface area contributed by atoms with Crippen LogP contribution in [-0.2, 0) is 16.1 Å². The van der Waals surface area contributed by atoms with Crippen LogP contribution in [0.1, 0.15) is 53.3 Å². The molecule has 2 amide bonds. The smallest absolute Gasteiger partial charge is 0.274 e. The minimum Gasteiger partial charge on any atom is -0.493 e. The molecule has 0 radical (unpaired) electrons. The lowest BCUT2D eigenvalue weighted by molar-refractivity contribution is -0.137. The second-order valence-corrected chi connectivity index (χ2v) is 11.4. The number of thiazole rings is 1. The first-order chi connectivity index (χ1) is 20.4. The molecule has 1 atom stereocenters. The Balaban J connectivity index is 1.58. The molecule has 5 rings (SSSR count). The Bertz CT molecular complexity index is 1370. The van der Waals surface area contributed by atoms with Crippen molar-refractivity contribution in [1.29, 1.82) is 0 Å². The fourth-order valence-corrected chi connectivity index (χ4v) is 6.47. The molecule has 42 heavy (non-hydrogen) atoms. The van der Waals surface area contributed by atoms with Gasteiger partial charge in [-0.05, 0) is 48.2 Å². The van der Waals surface area contributed by atoms with E-state index in [0.29, 0.717) is 48.9 Å². The van der Waals surface area contributed by atoms with Gasteiger partial charge >= 0.3 is 0 Å². The van der Waals surface area contributed by atoms with Crippen molar-refractivity contribution in [2.24, 2.45) is 0 Å². The molecule has 2 heterocycles. The Hall–Kier alpha value is -3.70. The number of hydrogen-bond donors (Lipinski definition) is 0. The molecule has 9 nitrogen and oxygen atoms in total. The van der Waals surface area contributed by atoms with Crippen LogP contribution in [0.5, 0.6) is 11.5 Å². The minimum absolute atomic E-state index is 0.0762. The second kappa shape index (κ2) is 13.5. The van der Waals surface area contributed by atoms with E-state index in [1.807, 2.05) is 7.05 Å². The molecule has 2 aromatic carbocycles. The molecule has 3 aromatic rings. The SMILES string of the molecule is COc1ccc(C(C(=O)N(C)C2CCCC2)N(Cc2ccc(F)cc2)C(=O)c2csc(N3CCOCC3)n2)cc1OC. The van der Waals surface area contributed by atoms with Crippen molar-refractivity contribution in [3.05, 3.63) is 70.5 Å². The van der Waals surface area contributed by atoms with Gasteiger partial charge in [0.15, 0.2) is 16.6 Å². The number of methoxy groups -OCH3 is 2. The Kier molecular flexibility index (Phi) is 9.58. The molecule has 1 aliphatic carbocycles. The van der Waals surface area contributed by atoms with Gasteiger partial charge in [0, 0.05) is 38.1 Å². The first kappa shape index (κ1) is 29.8. The number of carbonyl (C=O) groups is 2. The van der Waals surface area contributed by atoms with E-state index in [4.69, 9.17) is 19.2 Å². The molecular formula is C31H37FN4O5S.